The summed E-state index contributed by atoms with van der Waals surface area (Å²) in [6, 6.07) is 16.1. The van der Waals surface area contributed by atoms with Crippen molar-refractivity contribution in [1.29, 1.82) is 0 Å². The molecular weight excluding hydrogens is 410 g/mol. The van der Waals surface area contributed by atoms with Gasteiger partial charge in [0.25, 0.3) is 0 Å². The van der Waals surface area contributed by atoms with Crippen molar-refractivity contribution in [3.05, 3.63) is 59.2 Å². The highest BCUT2D eigenvalue weighted by molar-refractivity contribution is 7.80. The minimum absolute atomic E-state index is 0.500. The molecule has 32 heavy (non-hydrogen) atoms. The number of rotatable bonds is 6. The van der Waals surface area contributed by atoms with E-state index >= 15 is 0 Å². The van der Waals surface area contributed by atoms with Gasteiger partial charge in [0.2, 0.25) is 0 Å². The highest BCUT2D eigenvalue weighted by Gasteiger charge is 2.29. The Bertz CT molecular complexity index is 925. The molecule has 0 unspecified atom stereocenters. The van der Waals surface area contributed by atoms with Crippen LogP contribution in [0.3, 0.4) is 0 Å². The number of nitrogens with one attached hydrogen (secondary N) is 1. The summed E-state index contributed by atoms with van der Waals surface area (Å²) in [5.41, 5.74) is 6.69. The van der Waals surface area contributed by atoms with Gasteiger partial charge in [-0.3, -0.25) is 0 Å². The van der Waals surface area contributed by atoms with Gasteiger partial charge in [0, 0.05) is 37.1 Å². The maximum Gasteiger partial charge on any atom is 0.173 e. The number of anilines is 2. The fraction of sp³-hybridized carbons (Fsp3) is 0.536. The lowest BCUT2D eigenvalue weighted by molar-refractivity contribution is 0.177. The SMILES string of the molecule is CCCN1CCCc2cc(CN(C(=S)Nc3ccccc3C)[C@@H]3CCCC[C@H]3C)ccc21. The first-order valence-corrected chi connectivity index (χ1v) is 13.0. The summed E-state index contributed by atoms with van der Waals surface area (Å²) >= 11 is 6.03. The third kappa shape index (κ3) is 5.28. The number of hydrogen-bond acceptors (Lipinski definition) is 2. The van der Waals surface area contributed by atoms with Crippen molar-refractivity contribution in [2.45, 2.75) is 78.3 Å². The molecular formula is C28H39N3S. The van der Waals surface area contributed by atoms with Gasteiger partial charge in [0.1, 0.15) is 0 Å². The summed E-state index contributed by atoms with van der Waals surface area (Å²) in [7, 11) is 0. The molecule has 1 N–H and O–H groups in total. The fourth-order valence-electron chi connectivity index (χ4n) is 5.53. The van der Waals surface area contributed by atoms with E-state index in [0.29, 0.717) is 12.0 Å². The highest BCUT2D eigenvalue weighted by atomic mass is 32.1. The molecule has 0 spiro atoms. The molecule has 0 bridgehead atoms. The Morgan fingerprint density at radius 2 is 1.94 bits per heavy atom. The zero-order valence-electron chi connectivity index (χ0n) is 20.1. The molecule has 2 aromatic carbocycles. The number of fused-ring (bicyclic) bond motifs is 1. The third-order valence-electron chi connectivity index (χ3n) is 7.32. The number of thiocarbonyl (C=S) groups is 1. The van der Waals surface area contributed by atoms with Gasteiger partial charge in [-0.15, -0.1) is 0 Å². The monoisotopic (exact) mass is 449 g/mol. The molecule has 4 heteroatoms. The summed E-state index contributed by atoms with van der Waals surface area (Å²) in [6.45, 7) is 10.0. The van der Waals surface area contributed by atoms with Crippen molar-refractivity contribution in [1.82, 2.24) is 4.90 Å². The van der Waals surface area contributed by atoms with Gasteiger partial charge in [-0.05, 0) is 86.0 Å². The van der Waals surface area contributed by atoms with Gasteiger partial charge in [0.15, 0.2) is 5.11 Å². The van der Waals surface area contributed by atoms with Crippen LogP contribution >= 0.6 is 12.2 Å². The highest BCUT2D eigenvalue weighted by Crippen LogP contribution is 2.32. The standard InChI is InChI=1S/C28H39N3S/c1-4-17-30-18-9-12-24-19-23(15-16-27(24)30)20-31(26-14-8-6-11-22(26)3)28(32)29-25-13-7-5-10-21(25)2/h5,7,10,13,15-16,19,22,26H,4,6,8-9,11-12,14,17-18,20H2,1-3H3,(H,29,32)/t22-,26-/m1/s1. The molecule has 1 fully saturated rings. The summed E-state index contributed by atoms with van der Waals surface area (Å²) in [6.07, 6.45) is 8.82. The average molecular weight is 450 g/mol. The Morgan fingerprint density at radius 1 is 1.12 bits per heavy atom. The Kier molecular flexibility index (Phi) is 7.72. The van der Waals surface area contributed by atoms with Crippen molar-refractivity contribution in [3.63, 3.8) is 0 Å². The second-order valence-corrected chi connectivity index (χ2v) is 10.1. The van der Waals surface area contributed by atoms with E-state index in [1.807, 2.05) is 0 Å². The van der Waals surface area contributed by atoms with Crippen LogP contribution in [0.25, 0.3) is 0 Å². The molecule has 0 amide bonds. The number of aryl methyl sites for hydroxylation is 2. The Hall–Kier alpha value is -2.07. The van der Waals surface area contributed by atoms with Crippen LogP contribution in [0, 0.1) is 12.8 Å². The Labute approximate surface area is 200 Å². The molecule has 2 atom stereocenters. The molecule has 1 aliphatic carbocycles. The molecule has 1 heterocycles. The lowest BCUT2D eigenvalue weighted by Gasteiger charge is -2.40. The molecule has 3 nitrogen and oxygen atoms in total. The predicted octanol–water partition coefficient (Wildman–Crippen LogP) is 6.94. The van der Waals surface area contributed by atoms with E-state index in [1.54, 1.807) is 0 Å². The second kappa shape index (κ2) is 10.7. The van der Waals surface area contributed by atoms with Crippen LogP contribution in [0.2, 0.25) is 0 Å². The Morgan fingerprint density at radius 3 is 2.72 bits per heavy atom. The summed E-state index contributed by atoms with van der Waals surface area (Å²) < 4.78 is 0. The largest absolute Gasteiger partial charge is 0.371 e. The summed E-state index contributed by atoms with van der Waals surface area (Å²) in [5.74, 6) is 0.665. The zero-order valence-corrected chi connectivity index (χ0v) is 20.9. The number of benzene rings is 2. The quantitative estimate of drug-likeness (QED) is 0.481. The van der Waals surface area contributed by atoms with Crippen molar-refractivity contribution in [2.24, 2.45) is 5.92 Å². The van der Waals surface area contributed by atoms with E-state index in [2.05, 4.69) is 78.4 Å². The molecule has 2 aliphatic rings. The van der Waals surface area contributed by atoms with E-state index in [9.17, 15) is 0 Å². The van der Waals surface area contributed by atoms with Crippen LogP contribution in [0.5, 0.6) is 0 Å². The second-order valence-electron chi connectivity index (χ2n) is 9.76. The number of hydrogen-bond donors (Lipinski definition) is 1. The van der Waals surface area contributed by atoms with Gasteiger partial charge >= 0.3 is 0 Å². The van der Waals surface area contributed by atoms with Crippen molar-refractivity contribution < 1.29 is 0 Å². The van der Waals surface area contributed by atoms with Crippen molar-refractivity contribution >= 4 is 28.7 Å². The van der Waals surface area contributed by atoms with Gasteiger partial charge < -0.3 is 15.1 Å². The molecule has 1 saturated carbocycles. The van der Waals surface area contributed by atoms with Crippen LogP contribution in [0.1, 0.15) is 69.1 Å². The summed E-state index contributed by atoms with van der Waals surface area (Å²) in [5, 5.41) is 4.45. The van der Waals surface area contributed by atoms with Crippen molar-refractivity contribution in [2.75, 3.05) is 23.3 Å². The van der Waals surface area contributed by atoms with Crippen LogP contribution in [-0.4, -0.2) is 29.1 Å². The van der Waals surface area contributed by atoms with Crippen LogP contribution < -0.4 is 10.2 Å². The number of nitrogens with zero attached hydrogens (tertiary/aromatic N) is 2. The zero-order chi connectivity index (χ0) is 22.5. The fourth-order valence-corrected chi connectivity index (χ4v) is 5.84. The molecule has 0 aromatic heterocycles. The van der Waals surface area contributed by atoms with Gasteiger partial charge in [0.05, 0.1) is 0 Å². The third-order valence-corrected chi connectivity index (χ3v) is 7.66. The first-order valence-electron chi connectivity index (χ1n) is 12.6. The van der Waals surface area contributed by atoms with E-state index in [-0.39, 0.29) is 0 Å². The molecule has 1 aliphatic heterocycles. The Balaban J connectivity index is 1.58. The normalized spacial score (nSPS) is 20.5. The van der Waals surface area contributed by atoms with Crippen LogP contribution in [-0.2, 0) is 13.0 Å². The van der Waals surface area contributed by atoms with E-state index in [0.717, 1.165) is 23.9 Å². The summed E-state index contributed by atoms with van der Waals surface area (Å²) in [4.78, 5) is 5.05. The minimum Gasteiger partial charge on any atom is -0.371 e. The van der Waals surface area contributed by atoms with Gasteiger partial charge in [-0.1, -0.05) is 57.0 Å². The van der Waals surface area contributed by atoms with Crippen molar-refractivity contribution in [3.8, 4) is 0 Å². The maximum atomic E-state index is 6.03. The van der Waals surface area contributed by atoms with E-state index in [1.165, 1.54) is 73.9 Å². The minimum atomic E-state index is 0.500. The predicted molar refractivity (Wildman–Crippen MR) is 142 cm³/mol. The molecule has 4 rings (SSSR count). The number of para-hydroxylation sites is 1. The lowest BCUT2D eigenvalue weighted by Crippen LogP contribution is -2.46. The topological polar surface area (TPSA) is 18.5 Å². The van der Waals surface area contributed by atoms with E-state index < -0.39 is 0 Å². The van der Waals surface area contributed by atoms with Crippen LogP contribution in [0.4, 0.5) is 11.4 Å². The first kappa shape index (κ1) is 23.1. The van der Waals surface area contributed by atoms with Gasteiger partial charge in [-0.2, -0.15) is 0 Å². The molecule has 2 aromatic rings. The molecule has 0 radical (unpaired) electrons. The van der Waals surface area contributed by atoms with Crippen LogP contribution in [0.15, 0.2) is 42.5 Å². The molecule has 0 saturated heterocycles. The molecule has 172 valence electrons. The smallest absolute Gasteiger partial charge is 0.173 e. The maximum absolute atomic E-state index is 6.03. The average Bonchev–Trinajstić information content (AvgIpc) is 2.80. The van der Waals surface area contributed by atoms with E-state index in [4.69, 9.17) is 12.2 Å². The first-order chi connectivity index (χ1) is 15.6. The lowest BCUT2D eigenvalue weighted by atomic mass is 9.84. The van der Waals surface area contributed by atoms with Gasteiger partial charge in [-0.25, -0.2) is 0 Å².